The van der Waals surface area contributed by atoms with Crippen molar-refractivity contribution in [3.05, 3.63) is 33.1 Å². The number of nitro groups is 1. The van der Waals surface area contributed by atoms with E-state index in [0.29, 0.717) is 5.92 Å². The Hall–Kier alpha value is -1.69. The lowest BCUT2D eigenvalue weighted by Crippen LogP contribution is -2.32. The third-order valence-electron chi connectivity index (χ3n) is 3.08. The number of hydrogen-bond acceptors (Lipinski definition) is 4. The molecule has 1 atom stereocenters. The van der Waals surface area contributed by atoms with E-state index >= 15 is 0 Å². The zero-order valence-electron chi connectivity index (χ0n) is 12.4. The first kappa shape index (κ1) is 17.4. The molecule has 1 aromatic heterocycles. The van der Waals surface area contributed by atoms with Gasteiger partial charge in [-0.15, -0.1) is 0 Å². The van der Waals surface area contributed by atoms with Gasteiger partial charge in [0.25, 0.3) is 11.6 Å². The van der Waals surface area contributed by atoms with Crippen molar-refractivity contribution in [3.8, 4) is 0 Å². The Labute approximate surface area is 129 Å². The van der Waals surface area contributed by atoms with E-state index in [0.717, 1.165) is 31.5 Å². The maximum Gasteiger partial charge on any atom is 0.288 e. The van der Waals surface area contributed by atoms with Crippen molar-refractivity contribution >= 4 is 23.2 Å². The van der Waals surface area contributed by atoms with Crippen LogP contribution in [0.25, 0.3) is 0 Å². The molecular weight excluding hydrogens is 294 g/mol. The highest BCUT2D eigenvalue weighted by molar-refractivity contribution is 6.32. The summed E-state index contributed by atoms with van der Waals surface area (Å²) >= 11 is 5.83. The van der Waals surface area contributed by atoms with E-state index < -0.39 is 10.8 Å². The van der Waals surface area contributed by atoms with Crippen LogP contribution in [-0.2, 0) is 0 Å². The number of pyridine rings is 1. The van der Waals surface area contributed by atoms with Crippen LogP contribution in [0.15, 0.2) is 12.3 Å². The van der Waals surface area contributed by atoms with Crippen molar-refractivity contribution in [2.45, 2.75) is 46.1 Å². The third-order valence-corrected chi connectivity index (χ3v) is 3.38. The van der Waals surface area contributed by atoms with E-state index in [1.807, 2.05) is 6.92 Å². The Morgan fingerprint density at radius 2 is 2.10 bits per heavy atom. The van der Waals surface area contributed by atoms with Crippen molar-refractivity contribution in [2.24, 2.45) is 5.92 Å². The molecule has 1 unspecified atom stereocenters. The lowest BCUT2D eigenvalue weighted by Gasteiger charge is -2.14. The lowest BCUT2D eigenvalue weighted by atomic mass is 10.0. The monoisotopic (exact) mass is 313 g/mol. The number of aromatic nitrogens is 1. The van der Waals surface area contributed by atoms with Crippen LogP contribution in [0.4, 0.5) is 5.69 Å². The molecule has 116 valence electrons. The fourth-order valence-corrected chi connectivity index (χ4v) is 2.09. The second kappa shape index (κ2) is 7.93. The van der Waals surface area contributed by atoms with Gasteiger partial charge in [0.15, 0.2) is 0 Å². The minimum atomic E-state index is -0.605. The van der Waals surface area contributed by atoms with Crippen LogP contribution in [0.3, 0.4) is 0 Å². The normalized spacial score (nSPS) is 12.2. The number of halogens is 1. The van der Waals surface area contributed by atoms with Crippen LogP contribution in [0, 0.1) is 16.0 Å². The smallest absolute Gasteiger partial charge is 0.288 e. The van der Waals surface area contributed by atoms with E-state index in [-0.39, 0.29) is 22.4 Å². The summed E-state index contributed by atoms with van der Waals surface area (Å²) in [6.07, 6.45) is 3.99. The first-order valence-corrected chi connectivity index (χ1v) is 7.29. The molecule has 0 bridgehead atoms. The number of carbonyl (C=O) groups is 1. The second-order valence-corrected chi connectivity index (χ2v) is 5.85. The molecule has 0 radical (unpaired) electrons. The topological polar surface area (TPSA) is 85.1 Å². The minimum absolute atomic E-state index is 0.0217. The van der Waals surface area contributed by atoms with E-state index in [9.17, 15) is 14.9 Å². The van der Waals surface area contributed by atoms with Gasteiger partial charge in [0, 0.05) is 12.1 Å². The van der Waals surface area contributed by atoms with Gasteiger partial charge >= 0.3 is 0 Å². The van der Waals surface area contributed by atoms with Crippen LogP contribution in [0.5, 0.6) is 0 Å². The second-order valence-electron chi connectivity index (χ2n) is 5.49. The van der Waals surface area contributed by atoms with Gasteiger partial charge in [0.1, 0.15) is 11.3 Å². The zero-order valence-corrected chi connectivity index (χ0v) is 13.2. The first-order valence-electron chi connectivity index (χ1n) is 6.92. The summed E-state index contributed by atoms with van der Waals surface area (Å²) in [6.45, 7) is 6.20. The molecule has 0 saturated heterocycles. The van der Waals surface area contributed by atoms with Gasteiger partial charge in [-0.2, -0.15) is 0 Å². The standard InChI is InChI=1S/C14H20ClN3O3/c1-9(2)5-4-6-10(3)17-14(19)12-7-11(18(20)21)8-16-13(12)15/h7-10H,4-6H2,1-3H3,(H,17,19). The molecule has 0 aliphatic carbocycles. The van der Waals surface area contributed by atoms with Crippen LogP contribution >= 0.6 is 11.6 Å². The number of nitrogens with zero attached hydrogens (tertiary/aromatic N) is 2. The number of amides is 1. The third kappa shape index (κ3) is 5.67. The average Bonchev–Trinajstić information content (AvgIpc) is 2.38. The van der Waals surface area contributed by atoms with Gasteiger partial charge in [-0.25, -0.2) is 4.98 Å². The van der Waals surface area contributed by atoms with E-state index in [4.69, 9.17) is 11.6 Å². The zero-order chi connectivity index (χ0) is 16.0. The van der Waals surface area contributed by atoms with Gasteiger partial charge in [-0.3, -0.25) is 14.9 Å². The molecule has 1 heterocycles. The van der Waals surface area contributed by atoms with Gasteiger partial charge in [0.2, 0.25) is 0 Å². The molecule has 0 aliphatic rings. The molecule has 21 heavy (non-hydrogen) atoms. The van der Waals surface area contributed by atoms with Gasteiger partial charge in [-0.05, 0) is 19.3 Å². The molecule has 1 amide bonds. The maximum atomic E-state index is 12.1. The highest BCUT2D eigenvalue weighted by Crippen LogP contribution is 2.19. The molecule has 0 fully saturated rings. The molecule has 0 spiro atoms. The van der Waals surface area contributed by atoms with Crippen molar-refractivity contribution in [3.63, 3.8) is 0 Å². The van der Waals surface area contributed by atoms with Gasteiger partial charge in [0.05, 0.1) is 10.5 Å². The summed E-state index contributed by atoms with van der Waals surface area (Å²) in [5.74, 6) is 0.191. The maximum absolute atomic E-state index is 12.1. The van der Waals surface area contributed by atoms with Crippen molar-refractivity contribution in [1.82, 2.24) is 10.3 Å². The van der Waals surface area contributed by atoms with E-state index in [1.165, 1.54) is 0 Å². The van der Waals surface area contributed by atoms with Gasteiger partial charge < -0.3 is 5.32 Å². The van der Waals surface area contributed by atoms with Gasteiger partial charge in [-0.1, -0.05) is 38.3 Å². The molecule has 7 heteroatoms. The summed E-state index contributed by atoms with van der Waals surface area (Å²) in [5.41, 5.74) is -0.224. The number of carbonyl (C=O) groups excluding carboxylic acids is 1. The average molecular weight is 314 g/mol. The number of nitrogens with one attached hydrogen (secondary N) is 1. The molecule has 1 rings (SSSR count). The molecular formula is C14H20ClN3O3. The Morgan fingerprint density at radius 1 is 1.43 bits per heavy atom. The molecule has 6 nitrogen and oxygen atoms in total. The number of rotatable bonds is 7. The van der Waals surface area contributed by atoms with Crippen LogP contribution in [0.2, 0.25) is 5.15 Å². The fourth-order valence-electron chi connectivity index (χ4n) is 1.90. The SMILES string of the molecule is CC(C)CCCC(C)NC(=O)c1cc([N+](=O)[O-])cnc1Cl. The van der Waals surface area contributed by atoms with Crippen LogP contribution in [-0.4, -0.2) is 21.9 Å². The summed E-state index contributed by atoms with van der Waals surface area (Å²) in [7, 11) is 0. The van der Waals surface area contributed by atoms with E-state index in [2.05, 4.69) is 24.1 Å². The molecule has 0 saturated carbocycles. The highest BCUT2D eigenvalue weighted by atomic mass is 35.5. The fraction of sp³-hybridized carbons (Fsp3) is 0.571. The molecule has 1 aromatic rings. The van der Waals surface area contributed by atoms with Crippen molar-refractivity contribution in [2.75, 3.05) is 0 Å². The highest BCUT2D eigenvalue weighted by Gasteiger charge is 2.18. The molecule has 1 N–H and O–H groups in total. The summed E-state index contributed by atoms with van der Waals surface area (Å²) < 4.78 is 0. The molecule has 0 aliphatic heterocycles. The van der Waals surface area contributed by atoms with Crippen molar-refractivity contribution in [1.29, 1.82) is 0 Å². The van der Waals surface area contributed by atoms with Crippen LogP contribution < -0.4 is 5.32 Å². The van der Waals surface area contributed by atoms with Crippen LogP contribution in [0.1, 0.15) is 50.4 Å². The Balaban J connectivity index is 2.66. The van der Waals surface area contributed by atoms with Crippen molar-refractivity contribution < 1.29 is 9.72 Å². The first-order chi connectivity index (χ1) is 9.81. The predicted octanol–water partition coefficient (Wildman–Crippen LogP) is 3.59. The largest absolute Gasteiger partial charge is 0.349 e. The molecule has 0 aromatic carbocycles. The van der Waals surface area contributed by atoms with E-state index in [1.54, 1.807) is 0 Å². The minimum Gasteiger partial charge on any atom is -0.349 e. The summed E-state index contributed by atoms with van der Waals surface area (Å²) in [4.78, 5) is 25.9. The number of hydrogen-bond donors (Lipinski definition) is 1. The Kier molecular flexibility index (Phi) is 6.55. The predicted molar refractivity (Wildman–Crippen MR) is 81.5 cm³/mol. The quantitative estimate of drug-likeness (QED) is 0.473. The Morgan fingerprint density at radius 3 is 2.67 bits per heavy atom. The summed E-state index contributed by atoms with van der Waals surface area (Å²) in [5, 5.41) is 13.5. The Bertz CT molecular complexity index is 520. The lowest BCUT2D eigenvalue weighted by molar-refractivity contribution is -0.385. The summed E-state index contributed by atoms with van der Waals surface area (Å²) in [6, 6.07) is 1.12.